The van der Waals surface area contributed by atoms with Crippen LogP contribution in [0.5, 0.6) is 5.75 Å². The number of hydrogen-bond acceptors (Lipinski definition) is 7. The highest BCUT2D eigenvalue weighted by Crippen LogP contribution is 2.32. The van der Waals surface area contributed by atoms with Crippen molar-refractivity contribution in [3.05, 3.63) is 40.3 Å². The maximum atomic E-state index is 13.0. The van der Waals surface area contributed by atoms with E-state index in [1.165, 1.54) is 35.6 Å². The predicted molar refractivity (Wildman–Crippen MR) is 98.3 cm³/mol. The van der Waals surface area contributed by atoms with Crippen LogP contribution in [0.3, 0.4) is 0 Å². The third kappa shape index (κ3) is 4.46. The summed E-state index contributed by atoms with van der Waals surface area (Å²) < 4.78 is 46.9. The number of thioether (sulfide) groups is 2. The number of halogens is 3. The Balaban J connectivity index is 2.03. The van der Waals surface area contributed by atoms with Crippen LogP contribution in [-0.4, -0.2) is 40.0 Å². The zero-order valence-electron chi connectivity index (χ0n) is 14.8. The van der Waals surface area contributed by atoms with Gasteiger partial charge in [-0.1, -0.05) is 11.8 Å². The fraction of sp³-hybridized carbons (Fsp3) is 0.353. The molecule has 0 radical (unpaired) electrons. The molecule has 0 saturated carbocycles. The van der Waals surface area contributed by atoms with Crippen LogP contribution in [0, 0.1) is 0 Å². The Bertz CT molecular complexity index is 945. The standard InChI is InChI=1S/C17H15F3N2O4S2/c1-9(15(24)25-2)28-16-21-12-7-8-27-13(12)14(23)22(16)10-3-5-11(6-4-10)26-17(18,19)20/h3-6,9H,7-8H2,1-2H3. The molecule has 0 N–H and O–H groups in total. The van der Waals surface area contributed by atoms with Gasteiger partial charge in [-0.2, -0.15) is 0 Å². The molecule has 2 aromatic rings. The Kier molecular flexibility index (Phi) is 5.94. The van der Waals surface area contributed by atoms with E-state index in [0.29, 0.717) is 22.7 Å². The van der Waals surface area contributed by atoms with Crippen molar-refractivity contribution < 1.29 is 27.4 Å². The molecule has 0 fully saturated rings. The molecule has 0 aliphatic carbocycles. The van der Waals surface area contributed by atoms with Crippen molar-refractivity contribution in [2.45, 2.75) is 35.0 Å². The van der Waals surface area contributed by atoms with Crippen molar-refractivity contribution in [3.8, 4) is 11.4 Å². The summed E-state index contributed by atoms with van der Waals surface area (Å²) in [6.45, 7) is 1.62. The molecule has 0 saturated heterocycles. The zero-order chi connectivity index (χ0) is 20.5. The molecular weight excluding hydrogens is 417 g/mol. The van der Waals surface area contributed by atoms with E-state index in [0.717, 1.165) is 29.6 Å². The van der Waals surface area contributed by atoms with Crippen LogP contribution in [0.1, 0.15) is 12.6 Å². The number of carbonyl (C=O) groups excluding carboxylic acids is 1. The highest BCUT2D eigenvalue weighted by Gasteiger charge is 2.31. The van der Waals surface area contributed by atoms with E-state index in [-0.39, 0.29) is 10.7 Å². The Morgan fingerprint density at radius 3 is 2.61 bits per heavy atom. The third-order valence-corrected chi connectivity index (χ3v) is 5.95. The monoisotopic (exact) mass is 432 g/mol. The average molecular weight is 432 g/mol. The molecule has 3 rings (SSSR count). The summed E-state index contributed by atoms with van der Waals surface area (Å²) in [4.78, 5) is 29.8. The van der Waals surface area contributed by atoms with Crippen molar-refractivity contribution in [2.75, 3.05) is 12.9 Å². The van der Waals surface area contributed by atoms with Gasteiger partial charge in [-0.05, 0) is 31.2 Å². The normalized spacial score (nSPS) is 14.5. The van der Waals surface area contributed by atoms with Gasteiger partial charge in [-0.3, -0.25) is 14.2 Å². The number of esters is 1. The molecule has 1 aliphatic rings. The van der Waals surface area contributed by atoms with Crippen LogP contribution in [0.15, 0.2) is 39.1 Å². The fourth-order valence-corrected chi connectivity index (χ4v) is 4.56. The number of alkyl halides is 3. The second-order valence-electron chi connectivity index (χ2n) is 5.73. The number of benzene rings is 1. The fourth-order valence-electron chi connectivity index (χ4n) is 2.57. The van der Waals surface area contributed by atoms with E-state index in [1.807, 2.05) is 0 Å². The number of nitrogens with zero attached hydrogens (tertiary/aromatic N) is 2. The first-order chi connectivity index (χ1) is 13.2. The first kappa shape index (κ1) is 20.6. The summed E-state index contributed by atoms with van der Waals surface area (Å²) in [6, 6.07) is 4.91. The third-order valence-electron chi connectivity index (χ3n) is 3.81. The average Bonchev–Trinajstić information content (AvgIpc) is 3.10. The quantitative estimate of drug-likeness (QED) is 0.407. The number of fused-ring (bicyclic) bond motifs is 1. The van der Waals surface area contributed by atoms with Crippen molar-refractivity contribution in [1.82, 2.24) is 9.55 Å². The number of methoxy groups -OCH3 is 1. The smallest absolute Gasteiger partial charge is 0.468 e. The molecule has 11 heteroatoms. The molecule has 1 aromatic heterocycles. The molecule has 150 valence electrons. The van der Waals surface area contributed by atoms with Gasteiger partial charge in [0, 0.05) is 12.2 Å². The van der Waals surface area contributed by atoms with Crippen molar-refractivity contribution in [3.63, 3.8) is 0 Å². The van der Waals surface area contributed by atoms with E-state index in [2.05, 4.69) is 9.72 Å². The first-order valence-corrected chi connectivity index (χ1v) is 9.95. The number of aromatic nitrogens is 2. The lowest BCUT2D eigenvalue weighted by atomic mass is 10.3. The summed E-state index contributed by atoms with van der Waals surface area (Å²) >= 11 is 2.43. The number of hydrogen-bond donors (Lipinski definition) is 0. The molecule has 1 aliphatic heterocycles. The van der Waals surface area contributed by atoms with E-state index < -0.39 is 23.3 Å². The van der Waals surface area contributed by atoms with Gasteiger partial charge in [0.15, 0.2) is 5.16 Å². The van der Waals surface area contributed by atoms with E-state index in [4.69, 9.17) is 4.74 Å². The number of rotatable bonds is 5. The molecule has 1 unspecified atom stereocenters. The topological polar surface area (TPSA) is 70.4 Å². The summed E-state index contributed by atoms with van der Waals surface area (Å²) in [5, 5.41) is -0.350. The second-order valence-corrected chi connectivity index (χ2v) is 8.15. The minimum atomic E-state index is -4.80. The molecule has 0 spiro atoms. The first-order valence-electron chi connectivity index (χ1n) is 8.09. The van der Waals surface area contributed by atoms with Gasteiger partial charge in [0.05, 0.1) is 23.4 Å². The van der Waals surface area contributed by atoms with Crippen LogP contribution in [0.4, 0.5) is 13.2 Å². The predicted octanol–water partition coefficient (Wildman–Crippen LogP) is 3.43. The van der Waals surface area contributed by atoms with Crippen molar-refractivity contribution in [1.29, 1.82) is 0 Å². The summed E-state index contributed by atoms with van der Waals surface area (Å²) in [6.07, 6.45) is -4.17. The lowest BCUT2D eigenvalue weighted by Crippen LogP contribution is -2.25. The maximum Gasteiger partial charge on any atom is 0.573 e. The Morgan fingerprint density at radius 1 is 1.32 bits per heavy atom. The Hall–Kier alpha value is -2.14. The minimum absolute atomic E-state index is 0.272. The van der Waals surface area contributed by atoms with Gasteiger partial charge < -0.3 is 9.47 Å². The van der Waals surface area contributed by atoms with E-state index in [1.54, 1.807) is 6.92 Å². The molecule has 6 nitrogen and oxygen atoms in total. The van der Waals surface area contributed by atoms with Crippen LogP contribution in [0.2, 0.25) is 0 Å². The van der Waals surface area contributed by atoms with Gasteiger partial charge in [-0.25, -0.2) is 4.98 Å². The van der Waals surface area contributed by atoms with Gasteiger partial charge in [0.25, 0.3) is 5.56 Å². The lowest BCUT2D eigenvalue weighted by Gasteiger charge is -2.16. The van der Waals surface area contributed by atoms with Gasteiger partial charge in [0.1, 0.15) is 11.0 Å². The molecule has 1 aromatic carbocycles. The lowest BCUT2D eigenvalue weighted by molar-refractivity contribution is -0.274. The van der Waals surface area contributed by atoms with E-state index in [9.17, 15) is 22.8 Å². The summed E-state index contributed by atoms with van der Waals surface area (Å²) in [5.41, 5.74) is 0.654. The van der Waals surface area contributed by atoms with Crippen molar-refractivity contribution >= 4 is 29.5 Å². The number of carbonyl (C=O) groups is 1. The Morgan fingerprint density at radius 2 is 2.00 bits per heavy atom. The van der Waals surface area contributed by atoms with Gasteiger partial charge >= 0.3 is 12.3 Å². The van der Waals surface area contributed by atoms with Gasteiger partial charge in [-0.15, -0.1) is 24.9 Å². The molecule has 0 bridgehead atoms. The largest absolute Gasteiger partial charge is 0.573 e. The second kappa shape index (κ2) is 8.08. The SMILES string of the molecule is COC(=O)C(C)Sc1nc2c(c(=O)n1-c1ccc(OC(F)(F)F)cc1)SCC2. The highest BCUT2D eigenvalue weighted by atomic mass is 32.2. The highest BCUT2D eigenvalue weighted by molar-refractivity contribution is 8.00. The molecule has 2 heterocycles. The molecule has 1 atom stereocenters. The summed E-state index contributed by atoms with van der Waals surface area (Å²) in [5.74, 6) is -0.157. The van der Waals surface area contributed by atoms with Crippen LogP contribution in [0.25, 0.3) is 5.69 Å². The van der Waals surface area contributed by atoms with E-state index >= 15 is 0 Å². The molecule has 0 amide bonds. The van der Waals surface area contributed by atoms with Crippen LogP contribution >= 0.6 is 23.5 Å². The number of aryl methyl sites for hydroxylation is 1. The summed E-state index contributed by atoms with van der Waals surface area (Å²) in [7, 11) is 1.26. The molecule has 28 heavy (non-hydrogen) atoms. The van der Waals surface area contributed by atoms with Crippen LogP contribution < -0.4 is 10.3 Å². The molecular formula is C17H15F3N2O4S2. The number of ether oxygens (including phenoxy) is 2. The van der Waals surface area contributed by atoms with Crippen LogP contribution in [-0.2, 0) is 16.0 Å². The Labute approximate surface area is 166 Å². The maximum absolute atomic E-state index is 13.0. The zero-order valence-corrected chi connectivity index (χ0v) is 16.4. The minimum Gasteiger partial charge on any atom is -0.468 e. The van der Waals surface area contributed by atoms with Crippen molar-refractivity contribution in [2.24, 2.45) is 0 Å². The van der Waals surface area contributed by atoms with Gasteiger partial charge in [0.2, 0.25) is 0 Å².